The Hall–Kier alpha value is -1.77. The maximum Gasteiger partial charge on any atom is 0.352 e. The molecule has 1 aromatic carbocycles. The normalized spacial score (nSPS) is 10.9. The van der Waals surface area contributed by atoms with Crippen molar-refractivity contribution in [3.8, 4) is 0 Å². The number of hydrogen-bond donors (Lipinski definition) is 2. The number of H-pyrrole nitrogens is 1. The molecule has 0 bridgehead atoms. The summed E-state index contributed by atoms with van der Waals surface area (Å²) in [5, 5.41) is 10.2. The Morgan fingerprint density at radius 2 is 2.19 bits per heavy atom. The van der Waals surface area contributed by atoms with Crippen molar-refractivity contribution in [2.45, 2.75) is 26.7 Å². The van der Waals surface area contributed by atoms with Gasteiger partial charge < -0.3 is 10.1 Å². The van der Waals surface area contributed by atoms with Gasteiger partial charge in [-0.25, -0.2) is 4.79 Å². The summed E-state index contributed by atoms with van der Waals surface area (Å²) in [6.45, 7) is 4.07. The average Bonchev–Trinajstić information content (AvgIpc) is 2.58. The van der Waals surface area contributed by atoms with Crippen molar-refractivity contribution in [1.82, 2.24) is 4.98 Å². The summed E-state index contributed by atoms with van der Waals surface area (Å²) in [5.41, 5.74) is 3.32. The van der Waals surface area contributed by atoms with Gasteiger partial charge in [-0.15, -0.1) is 0 Å². The number of hydrogen-bond acceptors (Lipinski definition) is 1. The number of carboxylic acids is 1. The summed E-state index contributed by atoms with van der Waals surface area (Å²) in [7, 11) is 0. The van der Waals surface area contributed by atoms with Crippen LogP contribution >= 0.6 is 0 Å². The number of benzene rings is 1. The van der Waals surface area contributed by atoms with Crippen molar-refractivity contribution >= 4 is 16.9 Å². The van der Waals surface area contributed by atoms with Gasteiger partial charge in [-0.2, -0.15) is 0 Å². The molecule has 16 heavy (non-hydrogen) atoms. The number of aromatic nitrogens is 1. The standard InChI is InChI=1S/C13H15NO2/c1-3-4-9-10-7-8(2)5-6-11(10)14-12(9)13(15)16/h5-7,14H,3-4H2,1-2H3,(H,15,16). The van der Waals surface area contributed by atoms with E-state index in [1.54, 1.807) is 0 Å². The quantitative estimate of drug-likeness (QED) is 0.829. The fraction of sp³-hybridized carbons (Fsp3) is 0.308. The summed E-state index contributed by atoms with van der Waals surface area (Å²) in [6.07, 6.45) is 1.74. The second-order valence-corrected chi connectivity index (χ2v) is 4.08. The fourth-order valence-corrected chi connectivity index (χ4v) is 2.05. The van der Waals surface area contributed by atoms with Crippen LogP contribution in [0.4, 0.5) is 0 Å². The number of fused-ring (bicyclic) bond motifs is 1. The lowest BCUT2D eigenvalue weighted by Gasteiger charge is -1.99. The van der Waals surface area contributed by atoms with E-state index in [0.29, 0.717) is 5.69 Å². The average molecular weight is 217 g/mol. The Morgan fingerprint density at radius 3 is 2.81 bits per heavy atom. The molecule has 2 aromatic rings. The van der Waals surface area contributed by atoms with E-state index >= 15 is 0 Å². The molecule has 0 spiro atoms. The molecule has 0 aliphatic rings. The first-order valence-corrected chi connectivity index (χ1v) is 5.48. The highest BCUT2D eigenvalue weighted by atomic mass is 16.4. The van der Waals surface area contributed by atoms with Gasteiger partial charge in [0.25, 0.3) is 0 Å². The van der Waals surface area contributed by atoms with E-state index in [0.717, 1.165) is 34.9 Å². The van der Waals surface area contributed by atoms with Crippen LogP contribution in [-0.4, -0.2) is 16.1 Å². The van der Waals surface area contributed by atoms with Crippen molar-refractivity contribution in [2.75, 3.05) is 0 Å². The predicted octanol–water partition coefficient (Wildman–Crippen LogP) is 3.13. The number of carboxylic acid groups (broad SMARTS) is 1. The first-order chi connectivity index (χ1) is 7.63. The van der Waals surface area contributed by atoms with Gasteiger partial charge in [-0.3, -0.25) is 0 Å². The van der Waals surface area contributed by atoms with Gasteiger partial charge >= 0.3 is 5.97 Å². The summed E-state index contributed by atoms with van der Waals surface area (Å²) >= 11 is 0. The van der Waals surface area contributed by atoms with Crippen molar-refractivity contribution < 1.29 is 9.90 Å². The molecule has 84 valence electrons. The Morgan fingerprint density at radius 1 is 1.44 bits per heavy atom. The molecule has 0 saturated heterocycles. The third-order valence-corrected chi connectivity index (χ3v) is 2.78. The Labute approximate surface area is 94.1 Å². The summed E-state index contributed by atoms with van der Waals surface area (Å²) in [5.74, 6) is -0.877. The monoisotopic (exact) mass is 217 g/mol. The lowest BCUT2D eigenvalue weighted by molar-refractivity contribution is 0.0690. The first kappa shape index (κ1) is 10.7. The highest BCUT2D eigenvalue weighted by Gasteiger charge is 2.15. The zero-order chi connectivity index (χ0) is 11.7. The molecule has 0 unspecified atom stereocenters. The van der Waals surface area contributed by atoms with Gasteiger partial charge in [0.15, 0.2) is 0 Å². The summed E-state index contributed by atoms with van der Waals surface area (Å²) in [6, 6.07) is 5.97. The topological polar surface area (TPSA) is 53.1 Å². The van der Waals surface area contributed by atoms with Gasteiger partial charge in [0.1, 0.15) is 5.69 Å². The third kappa shape index (κ3) is 1.69. The number of aromatic amines is 1. The molecule has 3 heteroatoms. The van der Waals surface area contributed by atoms with Gasteiger partial charge in [-0.1, -0.05) is 25.0 Å². The lowest BCUT2D eigenvalue weighted by atomic mass is 10.0. The minimum absolute atomic E-state index is 0.336. The molecule has 0 amide bonds. The van der Waals surface area contributed by atoms with E-state index in [1.807, 2.05) is 25.1 Å². The number of aryl methyl sites for hydroxylation is 2. The van der Waals surface area contributed by atoms with Gasteiger partial charge in [-0.05, 0) is 31.0 Å². The minimum atomic E-state index is -0.877. The van der Waals surface area contributed by atoms with Crippen LogP contribution in [0.2, 0.25) is 0 Å². The zero-order valence-corrected chi connectivity index (χ0v) is 9.50. The van der Waals surface area contributed by atoms with Gasteiger partial charge in [0.2, 0.25) is 0 Å². The Kier molecular flexibility index (Phi) is 2.69. The highest BCUT2D eigenvalue weighted by molar-refractivity contribution is 5.97. The van der Waals surface area contributed by atoms with Crippen molar-refractivity contribution in [1.29, 1.82) is 0 Å². The Bertz CT molecular complexity index is 540. The molecule has 2 rings (SSSR count). The minimum Gasteiger partial charge on any atom is -0.477 e. The summed E-state index contributed by atoms with van der Waals surface area (Å²) in [4.78, 5) is 14.1. The van der Waals surface area contributed by atoms with Crippen molar-refractivity contribution in [3.05, 3.63) is 35.0 Å². The van der Waals surface area contributed by atoms with E-state index in [1.165, 1.54) is 0 Å². The van der Waals surface area contributed by atoms with Gasteiger partial charge in [0.05, 0.1) is 0 Å². The number of nitrogens with one attached hydrogen (secondary N) is 1. The van der Waals surface area contributed by atoms with Crippen LogP contribution in [0, 0.1) is 6.92 Å². The maximum atomic E-state index is 11.1. The molecule has 0 radical (unpaired) electrons. The number of rotatable bonds is 3. The second-order valence-electron chi connectivity index (χ2n) is 4.08. The largest absolute Gasteiger partial charge is 0.477 e. The molecular formula is C13H15NO2. The lowest BCUT2D eigenvalue weighted by Crippen LogP contribution is -2.00. The third-order valence-electron chi connectivity index (χ3n) is 2.78. The van der Waals surface area contributed by atoms with Crippen LogP contribution in [0.25, 0.3) is 10.9 Å². The predicted molar refractivity (Wildman–Crippen MR) is 64.0 cm³/mol. The molecule has 2 N–H and O–H groups in total. The molecule has 0 aliphatic carbocycles. The van der Waals surface area contributed by atoms with Crippen LogP contribution in [0.15, 0.2) is 18.2 Å². The SMILES string of the molecule is CCCc1c(C(=O)O)[nH]c2ccc(C)cc12. The fourth-order valence-electron chi connectivity index (χ4n) is 2.05. The zero-order valence-electron chi connectivity index (χ0n) is 9.50. The smallest absolute Gasteiger partial charge is 0.352 e. The van der Waals surface area contributed by atoms with Crippen molar-refractivity contribution in [2.24, 2.45) is 0 Å². The van der Waals surface area contributed by atoms with E-state index in [2.05, 4.69) is 11.9 Å². The van der Waals surface area contributed by atoms with Gasteiger partial charge in [0, 0.05) is 10.9 Å². The van der Waals surface area contributed by atoms with Crippen LogP contribution in [0.1, 0.15) is 35.0 Å². The second kappa shape index (κ2) is 4.00. The molecule has 0 saturated carbocycles. The molecule has 0 aliphatic heterocycles. The molecule has 0 atom stereocenters. The van der Waals surface area contributed by atoms with Crippen LogP contribution in [0.5, 0.6) is 0 Å². The molecular weight excluding hydrogens is 202 g/mol. The van der Waals surface area contributed by atoms with E-state index in [-0.39, 0.29) is 0 Å². The van der Waals surface area contributed by atoms with Crippen LogP contribution < -0.4 is 0 Å². The molecule has 1 aromatic heterocycles. The number of carbonyl (C=O) groups is 1. The van der Waals surface area contributed by atoms with Crippen LogP contribution in [0.3, 0.4) is 0 Å². The highest BCUT2D eigenvalue weighted by Crippen LogP contribution is 2.25. The van der Waals surface area contributed by atoms with E-state index in [4.69, 9.17) is 5.11 Å². The van der Waals surface area contributed by atoms with E-state index < -0.39 is 5.97 Å². The van der Waals surface area contributed by atoms with E-state index in [9.17, 15) is 4.79 Å². The molecule has 0 fully saturated rings. The Balaban J connectivity index is 2.71. The van der Waals surface area contributed by atoms with Crippen molar-refractivity contribution in [3.63, 3.8) is 0 Å². The van der Waals surface area contributed by atoms with Crippen LogP contribution in [-0.2, 0) is 6.42 Å². The molecule has 3 nitrogen and oxygen atoms in total. The maximum absolute atomic E-state index is 11.1. The first-order valence-electron chi connectivity index (χ1n) is 5.48. The number of aromatic carboxylic acids is 1. The molecule has 1 heterocycles. The summed E-state index contributed by atoms with van der Waals surface area (Å²) < 4.78 is 0.